The van der Waals surface area contributed by atoms with Gasteiger partial charge in [0.05, 0.1) is 6.33 Å². The molecule has 1 aliphatic rings. The highest BCUT2D eigenvalue weighted by Gasteiger charge is 2.51. The van der Waals surface area contributed by atoms with Crippen LogP contribution < -0.4 is 5.73 Å². The van der Waals surface area contributed by atoms with Gasteiger partial charge in [-0.25, -0.2) is 4.98 Å². The van der Waals surface area contributed by atoms with E-state index in [1.165, 1.54) is 31.7 Å². The summed E-state index contributed by atoms with van der Waals surface area (Å²) in [5, 5.41) is 0.0290. The fourth-order valence-electron chi connectivity index (χ4n) is 3.00. The number of carbonyl (C=O) groups is 3. The molecule has 4 atom stereocenters. The summed E-state index contributed by atoms with van der Waals surface area (Å²) in [5.41, 5.74) is 6.14. The van der Waals surface area contributed by atoms with Crippen molar-refractivity contribution in [3.63, 3.8) is 0 Å². The molecule has 0 radical (unpaired) electrons. The van der Waals surface area contributed by atoms with Gasteiger partial charge in [-0.05, 0) is 0 Å². The summed E-state index contributed by atoms with van der Waals surface area (Å²) < 4.78 is 23.0. The fraction of sp³-hybridized carbons (Fsp3) is 0.500. The lowest BCUT2D eigenvalue weighted by atomic mass is 10.1. The Labute approximate surface area is 169 Å². The normalized spacial score (nSPS) is 23.7. The molecule has 29 heavy (non-hydrogen) atoms. The number of esters is 3. The van der Waals surface area contributed by atoms with Crippen molar-refractivity contribution in [3.05, 3.63) is 11.5 Å². The zero-order valence-corrected chi connectivity index (χ0v) is 16.5. The van der Waals surface area contributed by atoms with E-state index < -0.39 is 42.4 Å². The lowest BCUT2D eigenvalue weighted by Crippen LogP contribution is -2.40. The molecule has 0 bridgehead atoms. The van der Waals surface area contributed by atoms with E-state index in [-0.39, 0.29) is 28.9 Å². The molecular formula is C16H18ClN5O7. The SMILES string of the molecule is CC(=O)OC[C@H]1OC(n2cnc3c(Cl)nc(N)nc32)[C@H](OC(C)=O)[C@@H]1OC(C)=O. The van der Waals surface area contributed by atoms with E-state index in [1.807, 2.05) is 0 Å². The maximum atomic E-state index is 11.7. The third-order valence-electron chi connectivity index (χ3n) is 4.01. The van der Waals surface area contributed by atoms with Crippen molar-refractivity contribution in [2.45, 2.75) is 45.3 Å². The number of nitrogen functional groups attached to an aromatic ring is 1. The predicted octanol–water partition coefficient (Wildman–Crippen LogP) is 0.386. The highest BCUT2D eigenvalue weighted by atomic mass is 35.5. The number of carbonyl (C=O) groups excluding carboxylic acids is 3. The van der Waals surface area contributed by atoms with Gasteiger partial charge in [-0.3, -0.25) is 19.0 Å². The first-order chi connectivity index (χ1) is 13.7. The second kappa shape index (κ2) is 8.17. The molecule has 0 amide bonds. The number of halogens is 1. The first kappa shape index (κ1) is 20.7. The summed E-state index contributed by atoms with van der Waals surface area (Å²) in [6, 6.07) is 0. The molecule has 2 aromatic rings. The summed E-state index contributed by atoms with van der Waals surface area (Å²) >= 11 is 6.05. The van der Waals surface area contributed by atoms with Crippen molar-refractivity contribution in [2.75, 3.05) is 12.3 Å². The standard InChI is InChI=1S/C16H18ClN5O7/c1-6(23)26-4-9-11(27-7(2)24)12(28-8(3)25)15(29-9)22-5-19-10-13(17)20-16(18)21-14(10)22/h5,9,11-12,15H,4H2,1-3H3,(H2,18,20,21)/t9-,11-,12-,15?/m1/s1. The Morgan fingerprint density at radius 1 is 1.14 bits per heavy atom. The van der Waals surface area contributed by atoms with E-state index in [9.17, 15) is 14.4 Å². The zero-order chi connectivity index (χ0) is 21.3. The first-order valence-corrected chi connectivity index (χ1v) is 8.84. The quantitative estimate of drug-likeness (QED) is 0.399. The Morgan fingerprint density at radius 3 is 2.41 bits per heavy atom. The number of aromatic nitrogens is 4. The van der Waals surface area contributed by atoms with Gasteiger partial charge in [0.1, 0.15) is 18.2 Å². The van der Waals surface area contributed by atoms with Crippen LogP contribution in [0.4, 0.5) is 5.95 Å². The number of fused-ring (bicyclic) bond motifs is 1. The number of rotatable bonds is 5. The Balaban J connectivity index is 2.04. The lowest BCUT2D eigenvalue weighted by Gasteiger charge is -2.23. The molecule has 3 rings (SSSR count). The molecule has 156 valence electrons. The van der Waals surface area contributed by atoms with Gasteiger partial charge in [0, 0.05) is 20.8 Å². The van der Waals surface area contributed by atoms with Crippen LogP contribution in [0.3, 0.4) is 0 Å². The van der Waals surface area contributed by atoms with E-state index >= 15 is 0 Å². The number of nitrogens with two attached hydrogens (primary N) is 1. The van der Waals surface area contributed by atoms with E-state index in [0.717, 1.165) is 0 Å². The molecular weight excluding hydrogens is 410 g/mol. The van der Waals surface area contributed by atoms with Crippen LogP contribution in [0.1, 0.15) is 27.0 Å². The third-order valence-corrected chi connectivity index (χ3v) is 4.27. The third kappa shape index (κ3) is 4.38. The Hall–Kier alpha value is -2.99. The van der Waals surface area contributed by atoms with Crippen molar-refractivity contribution in [1.82, 2.24) is 19.5 Å². The zero-order valence-electron chi connectivity index (χ0n) is 15.7. The Bertz CT molecular complexity index is 965. The summed E-state index contributed by atoms with van der Waals surface area (Å²) in [4.78, 5) is 46.6. The van der Waals surface area contributed by atoms with Crippen LogP contribution >= 0.6 is 11.6 Å². The number of hydrogen-bond acceptors (Lipinski definition) is 11. The van der Waals surface area contributed by atoms with E-state index in [0.29, 0.717) is 0 Å². The highest BCUT2D eigenvalue weighted by molar-refractivity contribution is 6.33. The molecule has 2 N–H and O–H groups in total. The molecule has 1 saturated heterocycles. The maximum Gasteiger partial charge on any atom is 0.303 e. The average Bonchev–Trinajstić information content (AvgIpc) is 3.15. The van der Waals surface area contributed by atoms with Crippen LogP contribution in [0.2, 0.25) is 5.15 Å². The molecule has 1 fully saturated rings. The molecule has 3 heterocycles. The number of nitrogens with zero attached hydrogens (tertiary/aromatic N) is 4. The molecule has 1 aliphatic heterocycles. The maximum absolute atomic E-state index is 11.7. The summed E-state index contributed by atoms with van der Waals surface area (Å²) in [6.07, 6.45) is -2.70. The van der Waals surface area contributed by atoms with E-state index in [4.69, 9.17) is 36.3 Å². The first-order valence-electron chi connectivity index (χ1n) is 8.46. The van der Waals surface area contributed by atoms with Crippen LogP contribution in [0.25, 0.3) is 11.2 Å². The molecule has 13 heteroatoms. The number of hydrogen-bond donors (Lipinski definition) is 1. The summed E-state index contributed by atoms with van der Waals surface area (Å²) in [5.74, 6) is -1.91. The van der Waals surface area contributed by atoms with Gasteiger partial charge in [-0.2, -0.15) is 9.97 Å². The number of anilines is 1. The lowest BCUT2D eigenvalue weighted by molar-refractivity contribution is -0.166. The van der Waals surface area contributed by atoms with Gasteiger partial charge in [-0.15, -0.1) is 0 Å². The predicted molar refractivity (Wildman–Crippen MR) is 96.4 cm³/mol. The smallest absolute Gasteiger partial charge is 0.303 e. The second-order valence-corrected chi connectivity index (χ2v) is 6.57. The van der Waals surface area contributed by atoms with Crippen molar-refractivity contribution < 1.29 is 33.3 Å². The minimum absolute atomic E-state index is 0.0290. The topological polar surface area (TPSA) is 158 Å². The number of ether oxygens (including phenoxy) is 4. The minimum atomic E-state index is -1.08. The van der Waals surface area contributed by atoms with Crippen LogP contribution in [-0.4, -0.2) is 62.3 Å². The second-order valence-electron chi connectivity index (χ2n) is 6.21. The molecule has 0 aromatic carbocycles. The van der Waals surface area contributed by atoms with Crippen LogP contribution in [0, 0.1) is 0 Å². The van der Waals surface area contributed by atoms with Crippen molar-refractivity contribution >= 4 is 46.6 Å². The van der Waals surface area contributed by atoms with Crippen molar-refractivity contribution in [1.29, 1.82) is 0 Å². The van der Waals surface area contributed by atoms with Crippen LogP contribution in [-0.2, 0) is 33.3 Å². The van der Waals surface area contributed by atoms with Crippen molar-refractivity contribution in [2.24, 2.45) is 0 Å². The van der Waals surface area contributed by atoms with Gasteiger partial charge in [-0.1, -0.05) is 11.6 Å². The monoisotopic (exact) mass is 427 g/mol. The van der Waals surface area contributed by atoms with Gasteiger partial charge in [0.25, 0.3) is 0 Å². The van der Waals surface area contributed by atoms with Crippen LogP contribution in [0.5, 0.6) is 0 Å². The van der Waals surface area contributed by atoms with Crippen molar-refractivity contribution in [3.8, 4) is 0 Å². The summed E-state index contributed by atoms with van der Waals surface area (Å²) in [6.45, 7) is 3.39. The molecule has 1 unspecified atom stereocenters. The van der Waals surface area contributed by atoms with E-state index in [1.54, 1.807) is 0 Å². The van der Waals surface area contributed by atoms with Gasteiger partial charge in [0.15, 0.2) is 29.2 Å². The van der Waals surface area contributed by atoms with Gasteiger partial charge < -0.3 is 24.7 Å². The van der Waals surface area contributed by atoms with Crippen LogP contribution in [0.15, 0.2) is 6.33 Å². The average molecular weight is 428 g/mol. The largest absolute Gasteiger partial charge is 0.463 e. The van der Waals surface area contributed by atoms with Gasteiger partial charge in [0.2, 0.25) is 5.95 Å². The van der Waals surface area contributed by atoms with Gasteiger partial charge >= 0.3 is 17.9 Å². The Morgan fingerprint density at radius 2 is 1.79 bits per heavy atom. The van der Waals surface area contributed by atoms with E-state index in [2.05, 4.69) is 15.0 Å². The number of imidazole rings is 1. The summed E-state index contributed by atoms with van der Waals surface area (Å²) in [7, 11) is 0. The molecule has 0 spiro atoms. The highest BCUT2D eigenvalue weighted by Crippen LogP contribution is 2.36. The molecule has 2 aromatic heterocycles. The molecule has 0 saturated carbocycles. The fourth-order valence-corrected chi connectivity index (χ4v) is 3.22. The molecule has 12 nitrogen and oxygen atoms in total. The molecule has 0 aliphatic carbocycles. The minimum Gasteiger partial charge on any atom is -0.463 e. The Kier molecular flexibility index (Phi) is 5.84.